The van der Waals surface area contributed by atoms with Gasteiger partial charge < -0.3 is 6.74 Å². The molecule has 7 nitrogen and oxygen atoms in total. The van der Waals surface area contributed by atoms with Crippen LogP contribution in [0.25, 0.3) is 0 Å². The monoisotopic (exact) mass is 337 g/mol. The molecule has 11 heteroatoms. The minimum atomic E-state index is -4.07. The molecule has 96 valence electrons. The molecule has 0 atom stereocenters. The number of primary sulfonamides is 1. The number of sulfonamides is 2. The summed E-state index contributed by atoms with van der Waals surface area (Å²) in [6.07, 6.45) is 0. The Morgan fingerprint density at radius 1 is 1.39 bits per heavy atom. The Hall–Kier alpha value is 0.766. The van der Waals surface area contributed by atoms with E-state index in [2.05, 4.69) is 10.0 Å². The normalized spacial score (nSPS) is 17.2. The maximum atomic E-state index is 11.6. The van der Waals surface area contributed by atoms with Crippen LogP contribution in [0, 0.1) is 0 Å². The molecule has 0 saturated carbocycles. The molecule has 1 aromatic carbocycles. The number of nitrogens with two attached hydrogens (primary N) is 1. The minimum absolute atomic E-state index is 0. The van der Waals surface area contributed by atoms with Gasteiger partial charge in [0.15, 0.2) is 0 Å². The van der Waals surface area contributed by atoms with Crippen LogP contribution >= 0.6 is 11.6 Å². The molecule has 1 aliphatic rings. The molecular weight excluding hydrogens is 329 g/mol. The fourth-order valence-corrected chi connectivity index (χ4v) is 3.70. The van der Waals surface area contributed by atoms with E-state index in [1.807, 2.05) is 0 Å². The van der Waals surface area contributed by atoms with Crippen LogP contribution < -0.4 is 66.6 Å². The summed E-state index contributed by atoms with van der Waals surface area (Å²) in [5, 5.41) is 7.53. The van der Waals surface area contributed by atoms with Crippen molar-refractivity contribution in [3.63, 3.8) is 0 Å². The van der Waals surface area contributed by atoms with Gasteiger partial charge in [-0.1, -0.05) is 11.6 Å². The molecular formula is C7H9ClKN3O4S2. The average Bonchev–Trinajstić information content (AvgIpc) is 2.13. The van der Waals surface area contributed by atoms with Crippen LogP contribution in [0.3, 0.4) is 0 Å². The fraction of sp³-hybridized carbons (Fsp3) is 0.143. The third kappa shape index (κ3) is 3.26. The third-order valence-corrected chi connectivity index (χ3v) is 4.99. The van der Waals surface area contributed by atoms with E-state index in [0.717, 1.165) is 6.07 Å². The Labute approximate surface area is 153 Å². The predicted molar refractivity (Wildman–Crippen MR) is 62.7 cm³/mol. The first-order valence-electron chi connectivity index (χ1n) is 4.32. The second kappa shape index (κ2) is 5.64. The van der Waals surface area contributed by atoms with Crippen LogP contribution in [0.4, 0.5) is 5.69 Å². The van der Waals surface area contributed by atoms with Gasteiger partial charge >= 0.3 is 51.4 Å². The Bertz CT molecular complexity index is 695. The van der Waals surface area contributed by atoms with Crippen molar-refractivity contribution in [2.24, 2.45) is 5.14 Å². The first kappa shape index (κ1) is 16.8. The molecule has 2 rings (SSSR count). The zero-order valence-electron chi connectivity index (χ0n) is 10.3. The van der Waals surface area contributed by atoms with Crippen molar-refractivity contribution >= 4 is 37.3 Å². The van der Waals surface area contributed by atoms with Crippen molar-refractivity contribution in [3.05, 3.63) is 17.2 Å². The first-order valence-corrected chi connectivity index (χ1v) is 7.72. The van der Waals surface area contributed by atoms with Gasteiger partial charge in [0.1, 0.15) is 9.79 Å². The second-order valence-corrected chi connectivity index (χ2v) is 7.00. The zero-order valence-corrected chi connectivity index (χ0v) is 14.8. The number of benzene rings is 1. The molecule has 0 aromatic heterocycles. The van der Waals surface area contributed by atoms with E-state index in [1.54, 1.807) is 0 Å². The SMILES string of the molecule is NS(=O)(=O)c1cc2c(cc1Cl)NCNS2(=O)=O.[H-].[K+]. The summed E-state index contributed by atoms with van der Waals surface area (Å²) in [6, 6.07) is 2.15. The number of fused-ring (bicyclic) bond motifs is 1. The standard InChI is InChI=1S/C7H8ClN3O4S2.K.H/c8-4-1-5-7(2-6(4)16(9,12)13)17(14,15)11-3-10-5;;/h1-2,10-11H,3H2,(H2,9,12,13);;/q;+1;-1. The maximum Gasteiger partial charge on any atom is 1.00 e. The van der Waals surface area contributed by atoms with E-state index in [1.165, 1.54) is 6.07 Å². The predicted octanol–water partition coefficient (Wildman–Crippen LogP) is -3.23. The maximum absolute atomic E-state index is 11.6. The van der Waals surface area contributed by atoms with Crippen molar-refractivity contribution in [3.8, 4) is 0 Å². The summed E-state index contributed by atoms with van der Waals surface area (Å²) in [6.45, 7) is 0.0143. The molecule has 0 saturated heterocycles. The molecule has 0 bridgehead atoms. The molecule has 18 heavy (non-hydrogen) atoms. The number of hydrogen-bond donors (Lipinski definition) is 3. The Morgan fingerprint density at radius 2 is 2.00 bits per heavy atom. The van der Waals surface area contributed by atoms with Gasteiger partial charge in [-0.15, -0.1) is 0 Å². The van der Waals surface area contributed by atoms with Gasteiger partial charge in [-0.3, -0.25) is 0 Å². The van der Waals surface area contributed by atoms with E-state index < -0.39 is 24.9 Å². The third-order valence-electron chi connectivity index (χ3n) is 2.17. The molecule has 0 spiro atoms. The number of nitrogens with one attached hydrogen (secondary N) is 2. The van der Waals surface area contributed by atoms with Gasteiger partial charge in [0.2, 0.25) is 20.0 Å². The molecule has 0 amide bonds. The number of rotatable bonds is 1. The molecule has 0 unspecified atom stereocenters. The van der Waals surface area contributed by atoms with E-state index in [4.69, 9.17) is 16.7 Å². The fourth-order valence-electron chi connectivity index (χ4n) is 1.42. The van der Waals surface area contributed by atoms with E-state index in [-0.39, 0.29) is 75.1 Å². The summed E-state index contributed by atoms with van der Waals surface area (Å²) in [4.78, 5) is -0.621. The Kier molecular flexibility index (Phi) is 5.27. The number of anilines is 1. The van der Waals surface area contributed by atoms with Gasteiger partial charge in [0.05, 0.1) is 17.4 Å². The second-order valence-electron chi connectivity index (χ2n) is 3.33. The first-order chi connectivity index (χ1) is 7.72. The Balaban J connectivity index is 0.00000162. The number of hydrogen-bond acceptors (Lipinski definition) is 5. The number of halogens is 1. The minimum Gasteiger partial charge on any atom is -1.00 e. The zero-order chi connectivity index (χ0) is 12.8. The summed E-state index contributed by atoms with van der Waals surface area (Å²) < 4.78 is 47.9. The van der Waals surface area contributed by atoms with Crippen LogP contribution in [0.1, 0.15) is 1.43 Å². The molecule has 4 N–H and O–H groups in total. The van der Waals surface area contributed by atoms with Crippen LogP contribution in [-0.4, -0.2) is 23.5 Å². The van der Waals surface area contributed by atoms with E-state index in [0.29, 0.717) is 0 Å². The van der Waals surface area contributed by atoms with Gasteiger partial charge in [-0.25, -0.2) is 22.0 Å². The Morgan fingerprint density at radius 3 is 2.56 bits per heavy atom. The summed E-state index contributed by atoms with van der Waals surface area (Å²) in [5.41, 5.74) is 0.237. The van der Waals surface area contributed by atoms with Crippen LogP contribution in [0.5, 0.6) is 0 Å². The quantitative estimate of drug-likeness (QED) is 0.465. The van der Waals surface area contributed by atoms with Crippen molar-refractivity contribution in [2.75, 3.05) is 12.0 Å². The van der Waals surface area contributed by atoms with Crippen molar-refractivity contribution in [2.45, 2.75) is 9.79 Å². The van der Waals surface area contributed by atoms with Crippen molar-refractivity contribution in [1.82, 2.24) is 4.72 Å². The van der Waals surface area contributed by atoms with Crippen LogP contribution in [0.2, 0.25) is 5.02 Å². The largest absolute Gasteiger partial charge is 1.00 e. The average molecular weight is 338 g/mol. The van der Waals surface area contributed by atoms with Gasteiger partial charge in [0, 0.05) is 0 Å². The van der Waals surface area contributed by atoms with Gasteiger partial charge in [-0.2, -0.15) is 4.72 Å². The molecule has 0 aliphatic carbocycles. The van der Waals surface area contributed by atoms with Crippen LogP contribution in [0.15, 0.2) is 21.9 Å². The topological polar surface area (TPSA) is 118 Å². The summed E-state index contributed by atoms with van der Waals surface area (Å²) >= 11 is 5.72. The van der Waals surface area contributed by atoms with E-state index >= 15 is 0 Å². The van der Waals surface area contributed by atoms with Crippen molar-refractivity contribution < 1.29 is 69.6 Å². The molecule has 0 fully saturated rings. The summed E-state index contributed by atoms with van der Waals surface area (Å²) in [5.74, 6) is 0. The van der Waals surface area contributed by atoms with E-state index in [9.17, 15) is 16.8 Å². The summed E-state index contributed by atoms with van der Waals surface area (Å²) in [7, 11) is -7.80. The van der Waals surface area contributed by atoms with Crippen LogP contribution in [-0.2, 0) is 20.0 Å². The molecule has 1 aliphatic heterocycles. The van der Waals surface area contributed by atoms with Gasteiger partial charge in [-0.05, 0) is 12.1 Å². The molecule has 1 aromatic rings. The molecule has 0 radical (unpaired) electrons. The van der Waals surface area contributed by atoms with Crippen molar-refractivity contribution in [1.29, 1.82) is 0 Å². The molecule has 1 heterocycles. The van der Waals surface area contributed by atoms with Gasteiger partial charge in [0.25, 0.3) is 0 Å². The smallest absolute Gasteiger partial charge is 1.00 e.